The zero-order chi connectivity index (χ0) is 13.8. The number of aromatic nitrogens is 1. The minimum Gasteiger partial charge on any atom is -0.444 e. The number of carbonyl (C=O) groups excluding carboxylic acids is 1. The van der Waals surface area contributed by atoms with Gasteiger partial charge in [-0.15, -0.1) is 0 Å². The number of nitrogens with two attached hydrogens (primary N) is 1. The number of amides is 1. The fourth-order valence-corrected chi connectivity index (χ4v) is 1.66. The van der Waals surface area contributed by atoms with Gasteiger partial charge in [-0.1, -0.05) is 24.4 Å². The Morgan fingerprint density at radius 1 is 1.37 bits per heavy atom. The molecule has 0 aliphatic carbocycles. The van der Waals surface area contributed by atoms with Gasteiger partial charge in [0.1, 0.15) is 10.7 Å². The van der Waals surface area contributed by atoms with Crippen LogP contribution in [-0.2, 0) is 6.54 Å². The van der Waals surface area contributed by atoms with Crippen LogP contribution in [0.2, 0.25) is 0 Å². The summed E-state index contributed by atoms with van der Waals surface area (Å²) in [4.78, 5) is 16.2. The summed E-state index contributed by atoms with van der Waals surface area (Å²) >= 11 is 4.84. The molecule has 1 amide bonds. The van der Waals surface area contributed by atoms with Crippen molar-refractivity contribution in [2.24, 2.45) is 5.73 Å². The highest BCUT2D eigenvalue weighted by Gasteiger charge is 2.07. The van der Waals surface area contributed by atoms with E-state index >= 15 is 0 Å². The first-order valence-electron chi connectivity index (χ1n) is 5.65. The Kier molecular flexibility index (Phi) is 3.91. The van der Waals surface area contributed by atoms with Crippen molar-refractivity contribution in [2.75, 3.05) is 0 Å². The van der Waals surface area contributed by atoms with Crippen molar-refractivity contribution >= 4 is 23.1 Å². The number of oxazole rings is 1. The molecule has 0 atom stereocenters. The molecular formula is C13H13N3O2S. The fraction of sp³-hybridized carbons (Fsp3) is 0.154. The maximum atomic E-state index is 11.9. The third-order valence-electron chi connectivity index (χ3n) is 2.50. The van der Waals surface area contributed by atoms with Crippen LogP contribution in [0.1, 0.15) is 27.6 Å². The molecule has 5 nitrogen and oxygen atoms in total. The molecule has 0 unspecified atom stereocenters. The molecule has 0 fully saturated rings. The van der Waals surface area contributed by atoms with Gasteiger partial charge < -0.3 is 15.5 Å². The standard InChI is InChI=1S/C13H13N3O2S/c1-8-6-15-11(18-8)7-16-13(17)10-4-2-9(3-5-10)12(14)19/h2-6H,7H2,1H3,(H2,14,19)(H,16,17). The van der Waals surface area contributed by atoms with Gasteiger partial charge in [-0.25, -0.2) is 4.98 Å². The molecule has 0 spiro atoms. The number of nitrogens with one attached hydrogen (secondary N) is 1. The summed E-state index contributed by atoms with van der Waals surface area (Å²) in [5.74, 6) is 0.987. The topological polar surface area (TPSA) is 81.2 Å². The van der Waals surface area contributed by atoms with E-state index in [0.29, 0.717) is 22.2 Å². The summed E-state index contributed by atoms with van der Waals surface area (Å²) < 4.78 is 5.26. The molecule has 0 radical (unpaired) electrons. The van der Waals surface area contributed by atoms with Gasteiger partial charge in [0.2, 0.25) is 5.89 Å². The van der Waals surface area contributed by atoms with Gasteiger partial charge in [0.05, 0.1) is 12.7 Å². The predicted molar refractivity (Wildman–Crippen MR) is 74.7 cm³/mol. The van der Waals surface area contributed by atoms with E-state index in [4.69, 9.17) is 22.4 Å². The van der Waals surface area contributed by atoms with Gasteiger partial charge in [0, 0.05) is 11.1 Å². The zero-order valence-corrected chi connectivity index (χ0v) is 11.2. The number of thiocarbonyl (C=S) groups is 1. The molecule has 1 aromatic carbocycles. The van der Waals surface area contributed by atoms with E-state index < -0.39 is 0 Å². The zero-order valence-electron chi connectivity index (χ0n) is 10.3. The average molecular weight is 275 g/mol. The van der Waals surface area contributed by atoms with Crippen LogP contribution in [0.25, 0.3) is 0 Å². The van der Waals surface area contributed by atoms with Gasteiger partial charge in [-0.2, -0.15) is 0 Å². The van der Waals surface area contributed by atoms with Crippen LogP contribution in [0, 0.1) is 6.92 Å². The second kappa shape index (κ2) is 5.62. The summed E-state index contributed by atoms with van der Waals surface area (Å²) in [5, 5.41) is 2.72. The lowest BCUT2D eigenvalue weighted by Gasteiger charge is -2.04. The van der Waals surface area contributed by atoms with Gasteiger partial charge in [0.15, 0.2) is 0 Å². The first-order chi connectivity index (χ1) is 9.06. The number of carbonyl (C=O) groups is 1. The molecule has 98 valence electrons. The highest BCUT2D eigenvalue weighted by Crippen LogP contribution is 2.05. The molecular weight excluding hydrogens is 262 g/mol. The fourth-order valence-electron chi connectivity index (χ4n) is 1.53. The van der Waals surface area contributed by atoms with E-state index in [2.05, 4.69) is 10.3 Å². The summed E-state index contributed by atoms with van der Waals surface area (Å²) in [6, 6.07) is 6.77. The molecule has 2 rings (SSSR count). The SMILES string of the molecule is Cc1cnc(CNC(=O)c2ccc(C(N)=S)cc2)o1. The van der Waals surface area contributed by atoms with Crippen molar-refractivity contribution in [1.29, 1.82) is 0 Å². The minimum atomic E-state index is -0.203. The smallest absolute Gasteiger partial charge is 0.251 e. The number of hydrogen-bond donors (Lipinski definition) is 2. The Morgan fingerprint density at radius 3 is 2.53 bits per heavy atom. The van der Waals surface area contributed by atoms with Crippen molar-refractivity contribution in [3.63, 3.8) is 0 Å². The van der Waals surface area contributed by atoms with E-state index in [-0.39, 0.29) is 12.5 Å². The number of aryl methyl sites for hydroxylation is 1. The van der Waals surface area contributed by atoms with E-state index in [0.717, 1.165) is 5.56 Å². The van der Waals surface area contributed by atoms with Gasteiger partial charge >= 0.3 is 0 Å². The lowest BCUT2D eigenvalue weighted by atomic mass is 10.1. The van der Waals surface area contributed by atoms with Gasteiger partial charge in [-0.3, -0.25) is 4.79 Å². The third kappa shape index (κ3) is 3.38. The summed E-state index contributed by atoms with van der Waals surface area (Å²) in [7, 11) is 0. The Hall–Kier alpha value is -2.21. The van der Waals surface area contributed by atoms with Crippen LogP contribution < -0.4 is 11.1 Å². The highest BCUT2D eigenvalue weighted by atomic mass is 32.1. The monoisotopic (exact) mass is 275 g/mol. The van der Waals surface area contributed by atoms with E-state index in [1.807, 2.05) is 0 Å². The number of rotatable bonds is 4. The van der Waals surface area contributed by atoms with Crippen LogP contribution in [0.5, 0.6) is 0 Å². The van der Waals surface area contributed by atoms with Crippen LogP contribution in [0.3, 0.4) is 0 Å². The quantitative estimate of drug-likeness (QED) is 0.827. The van der Waals surface area contributed by atoms with Gasteiger partial charge in [0.25, 0.3) is 5.91 Å². The van der Waals surface area contributed by atoms with Crippen LogP contribution in [0.4, 0.5) is 0 Å². The number of benzene rings is 1. The lowest BCUT2D eigenvalue weighted by molar-refractivity contribution is 0.0947. The summed E-state index contributed by atoms with van der Waals surface area (Å²) in [5.41, 5.74) is 6.75. The largest absolute Gasteiger partial charge is 0.444 e. The van der Waals surface area contributed by atoms with E-state index in [1.165, 1.54) is 0 Å². The average Bonchev–Trinajstić information content (AvgIpc) is 2.82. The maximum Gasteiger partial charge on any atom is 0.251 e. The molecule has 0 aliphatic rings. The molecule has 3 N–H and O–H groups in total. The third-order valence-corrected chi connectivity index (χ3v) is 2.74. The van der Waals surface area contributed by atoms with Crippen LogP contribution >= 0.6 is 12.2 Å². The number of hydrogen-bond acceptors (Lipinski definition) is 4. The van der Waals surface area contributed by atoms with Crippen molar-refractivity contribution < 1.29 is 9.21 Å². The molecule has 0 saturated carbocycles. The normalized spacial score (nSPS) is 10.2. The highest BCUT2D eigenvalue weighted by molar-refractivity contribution is 7.80. The first-order valence-corrected chi connectivity index (χ1v) is 6.06. The Morgan fingerprint density at radius 2 is 2.00 bits per heavy atom. The predicted octanol–water partition coefficient (Wildman–Crippen LogP) is 1.55. The first kappa shape index (κ1) is 13.2. The molecule has 1 aromatic heterocycles. The maximum absolute atomic E-state index is 11.9. The van der Waals surface area contributed by atoms with E-state index in [1.54, 1.807) is 37.4 Å². The molecule has 2 aromatic rings. The van der Waals surface area contributed by atoms with Crippen LogP contribution in [0.15, 0.2) is 34.9 Å². The van der Waals surface area contributed by atoms with Crippen molar-refractivity contribution in [2.45, 2.75) is 13.5 Å². The summed E-state index contributed by atoms with van der Waals surface area (Å²) in [6.07, 6.45) is 1.61. The van der Waals surface area contributed by atoms with Crippen molar-refractivity contribution in [1.82, 2.24) is 10.3 Å². The second-order valence-electron chi connectivity index (χ2n) is 3.99. The Bertz CT molecular complexity index is 605. The van der Waals surface area contributed by atoms with Crippen LogP contribution in [-0.4, -0.2) is 15.9 Å². The van der Waals surface area contributed by atoms with Crippen molar-refractivity contribution in [3.8, 4) is 0 Å². The molecule has 0 saturated heterocycles. The molecule has 0 aliphatic heterocycles. The minimum absolute atomic E-state index is 0.203. The van der Waals surface area contributed by atoms with E-state index in [9.17, 15) is 4.79 Å². The lowest BCUT2D eigenvalue weighted by Crippen LogP contribution is -2.23. The van der Waals surface area contributed by atoms with Gasteiger partial charge in [-0.05, 0) is 19.1 Å². The van der Waals surface area contributed by atoms with Crippen molar-refractivity contribution in [3.05, 3.63) is 53.2 Å². The molecule has 6 heteroatoms. The number of nitrogens with zero attached hydrogens (tertiary/aromatic N) is 1. The Labute approximate surface area is 115 Å². The second-order valence-corrected chi connectivity index (χ2v) is 4.43. The Balaban J connectivity index is 1.98. The molecule has 1 heterocycles. The molecule has 19 heavy (non-hydrogen) atoms. The summed E-state index contributed by atoms with van der Waals surface area (Å²) in [6.45, 7) is 2.05. The molecule has 0 bridgehead atoms.